The van der Waals surface area contributed by atoms with Gasteiger partial charge >= 0.3 is 0 Å². The minimum atomic E-state index is -0.218. The molecular formula is C23H23N3O3S. The van der Waals surface area contributed by atoms with Crippen LogP contribution in [0.15, 0.2) is 59.1 Å². The van der Waals surface area contributed by atoms with Gasteiger partial charge in [0.25, 0.3) is 0 Å². The van der Waals surface area contributed by atoms with E-state index in [1.54, 1.807) is 12.0 Å². The van der Waals surface area contributed by atoms with Gasteiger partial charge in [-0.05, 0) is 48.9 Å². The Balaban J connectivity index is 1.58. The Morgan fingerprint density at radius 3 is 2.47 bits per heavy atom. The van der Waals surface area contributed by atoms with Gasteiger partial charge in [-0.25, -0.2) is 0 Å². The van der Waals surface area contributed by atoms with Gasteiger partial charge in [0.2, 0.25) is 5.91 Å². The summed E-state index contributed by atoms with van der Waals surface area (Å²) in [6.07, 6.45) is 0.288. The van der Waals surface area contributed by atoms with Gasteiger partial charge < -0.3 is 14.4 Å². The van der Waals surface area contributed by atoms with E-state index in [1.165, 1.54) is 11.8 Å². The summed E-state index contributed by atoms with van der Waals surface area (Å²) in [4.78, 5) is 16.9. The number of hydrogen-bond acceptors (Lipinski definition) is 6. The third kappa shape index (κ3) is 3.83. The summed E-state index contributed by atoms with van der Waals surface area (Å²) >= 11 is 1.54. The molecule has 1 amide bonds. The van der Waals surface area contributed by atoms with E-state index in [2.05, 4.69) is 11.0 Å². The topological polar surface area (TPSA) is 65.8 Å². The minimum Gasteiger partial charge on any atom is -0.497 e. The molecule has 0 N–H and O–H groups in total. The van der Waals surface area contributed by atoms with Crippen LogP contribution in [0.25, 0.3) is 0 Å². The van der Waals surface area contributed by atoms with Crippen molar-refractivity contribution in [3.63, 3.8) is 0 Å². The van der Waals surface area contributed by atoms with Crippen molar-refractivity contribution in [3.8, 4) is 17.6 Å². The van der Waals surface area contributed by atoms with Crippen LogP contribution in [0.2, 0.25) is 0 Å². The van der Waals surface area contributed by atoms with Gasteiger partial charge in [0.05, 0.1) is 42.9 Å². The number of rotatable bonds is 5. The quantitative estimate of drug-likeness (QED) is 0.717. The lowest BCUT2D eigenvalue weighted by molar-refractivity contribution is -0.129. The predicted molar refractivity (Wildman–Crippen MR) is 117 cm³/mol. The number of nitriles is 1. The molecule has 0 aliphatic carbocycles. The second-order valence-electron chi connectivity index (χ2n) is 7.06. The number of ether oxygens (including phenoxy) is 2. The molecule has 0 aromatic heterocycles. The first-order chi connectivity index (χ1) is 14.6. The van der Waals surface area contributed by atoms with E-state index < -0.39 is 0 Å². The van der Waals surface area contributed by atoms with Crippen molar-refractivity contribution in [2.24, 2.45) is 0 Å². The second-order valence-corrected chi connectivity index (χ2v) is 8.00. The van der Waals surface area contributed by atoms with Gasteiger partial charge in [-0.15, -0.1) is 0 Å². The third-order valence-corrected chi connectivity index (χ3v) is 6.48. The second kappa shape index (κ2) is 8.72. The summed E-state index contributed by atoms with van der Waals surface area (Å²) in [5.74, 6) is 2.08. The van der Waals surface area contributed by atoms with Crippen LogP contribution in [0.1, 0.15) is 24.8 Å². The van der Waals surface area contributed by atoms with E-state index in [9.17, 15) is 10.1 Å². The predicted octanol–water partition coefficient (Wildman–Crippen LogP) is 4.31. The lowest BCUT2D eigenvalue weighted by Gasteiger charge is -2.42. The van der Waals surface area contributed by atoms with E-state index >= 15 is 0 Å². The van der Waals surface area contributed by atoms with E-state index in [1.807, 2.05) is 55.5 Å². The first-order valence-electron chi connectivity index (χ1n) is 9.83. The molecule has 2 aromatic rings. The van der Waals surface area contributed by atoms with Crippen LogP contribution in [0.5, 0.6) is 11.5 Å². The molecule has 2 heterocycles. The first-order valence-corrected chi connectivity index (χ1v) is 10.8. The molecule has 0 saturated carbocycles. The summed E-state index contributed by atoms with van der Waals surface area (Å²) in [7, 11) is 1.62. The largest absolute Gasteiger partial charge is 0.497 e. The van der Waals surface area contributed by atoms with E-state index in [4.69, 9.17) is 9.47 Å². The van der Waals surface area contributed by atoms with Crippen LogP contribution < -0.4 is 14.4 Å². The Hall–Kier alpha value is -3.11. The Morgan fingerprint density at radius 1 is 1.13 bits per heavy atom. The van der Waals surface area contributed by atoms with Crippen LogP contribution in [0.4, 0.5) is 5.69 Å². The number of anilines is 1. The van der Waals surface area contributed by atoms with E-state index in [0.717, 1.165) is 27.8 Å². The number of methoxy groups -OCH3 is 1. The zero-order chi connectivity index (χ0) is 21.1. The molecule has 2 aliphatic rings. The summed E-state index contributed by atoms with van der Waals surface area (Å²) in [5.41, 5.74) is 2.65. The summed E-state index contributed by atoms with van der Waals surface area (Å²) in [5, 5.41) is 10.7. The maximum absolute atomic E-state index is 13.0. The highest BCUT2D eigenvalue weighted by Crippen LogP contribution is 2.43. The van der Waals surface area contributed by atoms with Crippen molar-refractivity contribution in [1.29, 1.82) is 5.26 Å². The lowest BCUT2D eigenvalue weighted by atomic mass is 9.86. The molecule has 4 rings (SSSR count). The van der Waals surface area contributed by atoms with Gasteiger partial charge in [0.1, 0.15) is 11.5 Å². The van der Waals surface area contributed by atoms with Crippen molar-refractivity contribution >= 4 is 23.4 Å². The highest BCUT2D eigenvalue weighted by atomic mass is 32.2. The molecule has 0 bridgehead atoms. The Labute approximate surface area is 180 Å². The average molecular weight is 422 g/mol. The first kappa shape index (κ1) is 20.2. The van der Waals surface area contributed by atoms with Crippen LogP contribution in [0, 0.1) is 11.3 Å². The molecule has 30 heavy (non-hydrogen) atoms. The maximum Gasteiger partial charge on any atom is 0.229 e. The number of hydrogen-bond donors (Lipinski definition) is 0. The molecule has 6 nitrogen and oxygen atoms in total. The summed E-state index contributed by atoms with van der Waals surface area (Å²) in [6, 6.07) is 17.9. The van der Waals surface area contributed by atoms with Crippen LogP contribution >= 0.6 is 11.8 Å². The molecule has 154 valence electrons. The Kier molecular flexibility index (Phi) is 5.86. The molecule has 0 spiro atoms. The zero-order valence-corrected chi connectivity index (χ0v) is 17.8. The molecule has 1 atom stereocenters. The monoisotopic (exact) mass is 421 g/mol. The van der Waals surface area contributed by atoms with Gasteiger partial charge in [-0.3, -0.25) is 9.69 Å². The highest BCUT2D eigenvalue weighted by Gasteiger charge is 2.38. The number of carbonyl (C=O) groups excluding carboxylic acids is 1. The number of benzene rings is 2. The number of fused-ring (bicyclic) bond motifs is 1. The van der Waals surface area contributed by atoms with Crippen molar-refractivity contribution in [3.05, 3.63) is 64.7 Å². The molecule has 1 saturated heterocycles. The van der Waals surface area contributed by atoms with Crippen molar-refractivity contribution in [2.45, 2.75) is 19.3 Å². The molecule has 7 heteroatoms. The number of nitrogens with zero attached hydrogens (tertiary/aromatic N) is 3. The lowest BCUT2D eigenvalue weighted by Crippen LogP contribution is -2.47. The number of thioether (sulfide) groups is 1. The SMILES string of the molecule is CCOc1ccc(N2CSC3=C(C#N)[C@H](c4ccc(OC)cc4)CC(=O)N3C2)cc1. The molecule has 1 fully saturated rings. The normalized spacial score (nSPS) is 18.7. The number of allylic oxidation sites excluding steroid dienone is 1. The highest BCUT2D eigenvalue weighted by molar-refractivity contribution is 8.03. The summed E-state index contributed by atoms with van der Waals surface area (Å²) in [6.45, 7) is 3.02. The summed E-state index contributed by atoms with van der Waals surface area (Å²) < 4.78 is 10.7. The smallest absolute Gasteiger partial charge is 0.229 e. The molecular weight excluding hydrogens is 398 g/mol. The number of amides is 1. The van der Waals surface area contributed by atoms with Gasteiger partial charge in [0, 0.05) is 18.0 Å². The standard InChI is InChI=1S/C23H23N3O3S/c1-3-29-19-10-6-17(7-11-19)25-14-26-22(27)12-20(21(13-24)23(26)30-15-25)16-4-8-18(28-2)9-5-16/h4-11,20H,3,12,14-15H2,1-2H3/t20-/m0/s1. The van der Waals surface area contributed by atoms with Crippen molar-refractivity contribution in [1.82, 2.24) is 4.90 Å². The third-order valence-electron chi connectivity index (χ3n) is 5.32. The fraction of sp³-hybridized carbons (Fsp3) is 0.304. The minimum absolute atomic E-state index is 0.0351. The zero-order valence-electron chi connectivity index (χ0n) is 17.0. The van der Waals surface area contributed by atoms with Gasteiger partial charge in [-0.1, -0.05) is 23.9 Å². The average Bonchev–Trinajstić information content (AvgIpc) is 2.79. The fourth-order valence-electron chi connectivity index (χ4n) is 3.77. The molecule has 2 aromatic carbocycles. The Bertz CT molecular complexity index is 996. The van der Waals surface area contributed by atoms with Crippen LogP contribution in [0.3, 0.4) is 0 Å². The van der Waals surface area contributed by atoms with Gasteiger partial charge in [-0.2, -0.15) is 5.26 Å². The van der Waals surface area contributed by atoms with Crippen molar-refractivity contribution < 1.29 is 14.3 Å². The molecule has 2 aliphatic heterocycles. The molecule has 0 radical (unpaired) electrons. The maximum atomic E-state index is 13.0. The van der Waals surface area contributed by atoms with E-state index in [0.29, 0.717) is 24.7 Å². The van der Waals surface area contributed by atoms with Gasteiger partial charge in [0.15, 0.2) is 0 Å². The Morgan fingerprint density at radius 2 is 1.83 bits per heavy atom. The van der Waals surface area contributed by atoms with Crippen LogP contribution in [-0.2, 0) is 4.79 Å². The molecule has 0 unspecified atom stereocenters. The van der Waals surface area contributed by atoms with E-state index in [-0.39, 0.29) is 18.2 Å². The fourth-order valence-corrected chi connectivity index (χ4v) is 4.93. The van der Waals surface area contributed by atoms with Crippen molar-refractivity contribution in [2.75, 3.05) is 31.2 Å². The number of carbonyl (C=O) groups is 1. The van der Waals surface area contributed by atoms with Crippen LogP contribution in [-0.4, -0.2) is 37.1 Å².